The van der Waals surface area contributed by atoms with Crippen molar-refractivity contribution in [2.24, 2.45) is 20.6 Å². The quantitative estimate of drug-likeness (QED) is 0.0176. The van der Waals surface area contributed by atoms with Gasteiger partial charge in [-0.3, -0.25) is 19.2 Å². The molecule has 4 aliphatic rings. The molecular weight excluding hydrogens is 1680 g/mol. The number of esters is 4. The fourth-order valence-electron chi connectivity index (χ4n) is 12.8. The van der Waals surface area contributed by atoms with Crippen molar-refractivity contribution in [3.8, 4) is 46.0 Å². The highest BCUT2D eigenvalue weighted by atomic mass is 35.5. The number of nitrogens with zero attached hydrogens (tertiary/aromatic N) is 8. The summed E-state index contributed by atoms with van der Waals surface area (Å²) in [5.41, 5.74) is 2.24. The molecule has 127 heavy (non-hydrogen) atoms. The third-order valence-corrected chi connectivity index (χ3v) is 20.3. The van der Waals surface area contributed by atoms with E-state index >= 15 is 0 Å². The first kappa shape index (κ1) is 105. The van der Waals surface area contributed by atoms with Crippen molar-refractivity contribution < 1.29 is 118 Å². The lowest BCUT2D eigenvalue weighted by Crippen LogP contribution is -2.33. The van der Waals surface area contributed by atoms with Gasteiger partial charge in [-0.2, -0.15) is 0 Å². The number of hydrogen-bond acceptors (Lipinski definition) is 28. The molecule has 690 valence electrons. The number of rotatable bonds is 20. The Labute approximate surface area is 751 Å². The number of cyclic esters (lactones) is 4. The number of halogens is 2. The Morgan fingerprint density at radius 3 is 0.913 bits per heavy atom. The Bertz CT molecular complexity index is 4580. The van der Waals surface area contributed by atoms with E-state index in [9.17, 15) is 79.2 Å². The summed E-state index contributed by atoms with van der Waals surface area (Å²) in [6, 6.07) is 6.95. The van der Waals surface area contributed by atoms with Crippen molar-refractivity contribution in [3.05, 3.63) is 188 Å². The van der Waals surface area contributed by atoms with E-state index < -0.39 is 41.5 Å². The zero-order valence-corrected chi connectivity index (χ0v) is 75.2. The maximum absolute atomic E-state index is 12.8. The summed E-state index contributed by atoms with van der Waals surface area (Å²) in [6.07, 6.45) is 38.3. The molecule has 4 aromatic rings. The van der Waals surface area contributed by atoms with E-state index in [1.807, 2.05) is 128 Å². The summed E-state index contributed by atoms with van der Waals surface area (Å²) >= 11 is 12.6. The molecule has 4 heterocycles. The predicted octanol–water partition coefficient (Wildman–Crippen LogP) is 15.0. The zero-order valence-electron chi connectivity index (χ0n) is 73.6. The van der Waals surface area contributed by atoms with E-state index in [-0.39, 0.29) is 173 Å². The fraction of sp³-hybridized carbons (Fsp3) is 0.441. The minimum Gasteiger partial charge on any atom is -0.508 e. The lowest BCUT2D eigenvalue weighted by atomic mass is 9.99. The van der Waals surface area contributed by atoms with Crippen molar-refractivity contribution >= 4 is 93.6 Å². The van der Waals surface area contributed by atoms with Gasteiger partial charge in [0.1, 0.15) is 74.4 Å². The van der Waals surface area contributed by atoms with Crippen LogP contribution in [0.5, 0.6) is 46.0 Å². The molecule has 0 unspecified atom stereocenters. The molecule has 1 atom stereocenters. The van der Waals surface area contributed by atoms with Crippen LogP contribution in [0.4, 0.5) is 0 Å². The first-order chi connectivity index (χ1) is 61.1. The van der Waals surface area contributed by atoms with Crippen LogP contribution in [0.3, 0.4) is 0 Å². The maximum atomic E-state index is 12.8. The molecule has 0 radical (unpaired) electrons. The number of allylic oxidation sites excluding steroid dienone is 12. The van der Waals surface area contributed by atoms with Crippen LogP contribution in [0, 0.1) is 0 Å². The number of benzene rings is 4. The van der Waals surface area contributed by atoms with E-state index in [0.717, 1.165) is 75.6 Å². The van der Waals surface area contributed by atoms with Crippen LogP contribution in [0.2, 0.25) is 10.0 Å². The average molecular weight is 1800 g/mol. The standard InChI is InChI=1S/C24H31ClN2O6.C23H29ClN2O6.2C23H30N2O6/c1-4-27(5-2)21(30)15-32-26-17-12-10-8-6-7-9-11-16(3)33-24(31)22-18(13-17)23(25)20(29)14-19(22)28;1-3-26(4-2)20(29)15-32-25-16-11-9-7-5-6-8-10-12-31-23(30)21-17(13-16)22(24)19(28)14-18(21)27;2*1-3-25(4-2)21(28)16-31-24-18-11-9-7-5-6-8-10-12-30-23(29)22-17(13-18)14-19(26)15-20(22)27/h7,9-10,12,14,16,28-29H,4-6,8,11,13,15H2,1-3H3;6,8-9,11,14,27-28H,3-5,7,10,12-13,15H2,1-2H3;2*6,8-9,11,14-15,26-27H,3-5,7,10,12-13,16H2,1-2H3/b9-7+,12-10+,26-17+;8-6+,11-9+,25-16-;8-6+,11-9+,24-18+;8-6+,11-9+,24-18-/t16-;;;/m1.../s1. The van der Waals surface area contributed by atoms with Gasteiger partial charge in [0.05, 0.1) is 52.7 Å². The number of hydrogen-bond donors (Lipinski definition) is 8. The highest BCUT2D eigenvalue weighted by molar-refractivity contribution is 6.34. The minimum atomic E-state index is -0.761. The largest absolute Gasteiger partial charge is 0.508 e. The molecule has 0 saturated carbocycles. The number of oxime groups is 4. The van der Waals surface area contributed by atoms with Gasteiger partial charge in [-0.25, -0.2) is 19.2 Å². The maximum Gasteiger partial charge on any atom is 0.342 e. The number of amides is 4. The fourth-order valence-corrected chi connectivity index (χ4v) is 13.2. The Morgan fingerprint density at radius 1 is 0.346 bits per heavy atom. The predicted molar refractivity (Wildman–Crippen MR) is 483 cm³/mol. The summed E-state index contributed by atoms with van der Waals surface area (Å²) in [4.78, 5) is 127. The van der Waals surface area contributed by atoms with E-state index in [0.29, 0.717) is 112 Å². The Morgan fingerprint density at radius 2 is 0.606 bits per heavy atom. The van der Waals surface area contributed by atoms with Crippen molar-refractivity contribution in [2.45, 2.75) is 171 Å². The van der Waals surface area contributed by atoms with Crippen molar-refractivity contribution in [2.75, 3.05) is 98.6 Å². The number of ether oxygens (including phenoxy) is 4. The zero-order chi connectivity index (χ0) is 93.2. The molecule has 8 rings (SSSR count). The third kappa shape index (κ3) is 36.1. The molecule has 4 aromatic carbocycles. The molecule has 0 spiro atoms. The molecule has 34 heteroatoms. The highest BCUT2D eigenvalue weighted by Gasteiger charge is 2.29. The summed E-state index contributed by atoms with van der Waals surface area (Å²) in [7, 11) is 0. The van der Waals surface area contributed by atoms with Crippen LogP contribution in [0.15, 0.2) is 154 Å². The molecule has 0 bridgehead atoms. The first-order valence-corrected chi connectivity index (χ1v) is 43.2. The number of phenolic OH excluding ortho intramolecular Hbond substituents is 8. The Balaban J connectivity index is 0.000000300. The van der Waals surface area contributed by atoms with Gasteiger partial charge in [0.25, 0.3) is 23.6 Å². The van der Waals surface area contributed by atoms with Gasteiger partial charge in [0, 0.05) is 109 Å². The van der Waals surface area contributed by atoms with Gasteiger partial charge in [-0.15, -0.1) is 0 Å². The van der Waals surface area contributed by atoms with Crippen LogP contribution in [-0.2, 0) is 83.2 Å². The van der Waals surface area contributed by atoms with Crippen LogP contribution in [-0.4, -0.2) is 236 Å². The van der Waals surface area contributed by atoms with Crippen LogP contribution in [0.25, 0.3) is 0 Å². The normalized spacial score (nSPS) is 18.8. The smallest absolute Gasteiger partial charge is 0.342 e. The van der Waals surface area contributed by atoms with E-state index in [4.69, 9.17) is 61.5 Å². The Kier molecular flexibility index (Phi) is 47.8. The SMILES string of the molecule is CCN(CC)C(=O)CO/N=C1/C=C/CC/C=C/CCOC(=O)c2c(O)cc(O)c(Cl)c2C1.CCN(CC)C(=O)CO/N=C1/C=C/CC/C=C/CCOC(=O)c2c(O)cc(O)cc2C1.CCN(CC)C(=O)CO/N=C1\C=C\CC/C=C/CCOC(=O)c2c(O)cc(O)cc2C1.CCN(CC)C(=O)CO/N=C1\C=C\CC/C=C/C[C@@H](C)OC(=O)c2c(O)cc(O)c(Cl)c2C1. The molecule has 0 fully saturated rings. The number of aromatic hydroxyl groups is 8. The lowest BCUT2D eigenvalue weighted by Gasteiger charge is -2.18. The summed E-state index contributed by atoms with van der Waals surface area (Å²) in [6.45, 7) is 21.0. The van der Waals surface area contributed by atoms with Crippen molar-refractivity contribution in [3.63, 3.8) is 0 Å². The van der Waals surface area contributed by atoms with Gasteiger partial charge in [0.2, 0.25) is 0 Å². The van der Waals surface area contributed by atoms with Gasteiger partial charge in [0.15, 0.2) is 26.4 Å². The van der Waals surface area contributed by atoms with Gasteiger partial charge >= 0.3 is 23.9 Å². The number of carbonyl (C=O) groups excluding carboxylic acids is 8. The average Bonchev–Trinajstić information content (AvgIpc) is 0.799. The molecule has 0 saturated heterocycles. The van der Waals surface area contributed by atoms with Gasteiger partial charge in [-0.05, 0) is 192 Å². The monoisotopic (exact) mass is 1800 g/mol. The molecule has 0 aliphatic carbocycles. The molecular formula is C93H120Cl2N8O24. The highest BCUT2D eigenvalue weighted by Crippen LogP contribution is 2.40. The second kappa shape index (κ2) is 57.8. The summed E-state index contributed by atoms with van der Waals surface area (Å²) in [5.74, 6) is -6.41. The third-order valence-electron chi connectivity index (χ3n) is 19.5. The summed E-state index contributed by atoms with van der Waals surface area (Å²) < 4.78 is 21.2. The lowest BCUT2D eigenvalue weighted by molar-refractivity contribution is -0.136. The van der Waals surface area contributed by atoms with E-state index in [2.05, 4.69) is 20.6 Å². The molecule has 8 N–H and O–H groups in total. The topological polar surface area (TPSA) is 435 Å². The molecule has 0 aromatic heterocycles. The second-order valence-corrected chi connectivity index (χ2v) is 29.3. The van der Waals surface area contributed by atoms with Crippen LogP contribution >= 0.6 is 23.2 Å². The number of likely N-dealkylation sites (N-methyl/N-ethyl adjacent to an activating group) is 4. The second-order valence-electron chi connectivity index (χ2n) is 28.6. The van der Waals surface area contributed by atoms with Crippen molar-refractivity contribution in [1.29, 1.82) is 0 Å². The van der Waals surface area contributed by atoms with Gasteiger partial charge in [-0.1, -0.05) is 117 Å². The first-order valence-electron chi connectivity index (χ1n) is 42.5. The van der Waals surface area contributed by atoms with Crippen LogP contribution < -0.4 is 0 Å². The number of carbonyl (C=O) groups is 8. The van der Waals surface area contributed by atoms with Crippen LogP contribution in [0.1, 0.15) is 203 Å². The van der Waals surface area contributed by atoms with E-state index in [1.54, 1.807) is 50.8 Å². The Hall–Kier alpha value is -12.6. The molecule has 32 nitrogen and oxygen atoms in total. The van der Waals surface area contributed by atoms with Gasteiger partial charge < -0.3 is 98.7 Å². The minimum absolute atomic E-state index is 0.0286. The molecule has 4 amide bonds. The number of fused-ring (bicyclic) bond motifs is 4. The number of phenols is 8. The summed E-state index contributed by atoms with van der Waals surface area (Å²) in [5, 5.41) is 97.3. The van der Waals surface area contributed by atoms with Crippen molar-refractivity contribution in [1.82, 2.24) is 19.6 Å². The molecule has 4 aliphatic heterocycles. The van der Waals surface area contributed by atoms with E-state index in [1.165, 1.54) is 12.1 Å².